The lowest BCUT2D eigenvalue weighted by Gasteiger charge is -2.31. The first-order valence-electron chi connectivity index (χ1n) is 12.7. The van der Waals surface area contributed by atoms with Crippen molar-refractivity contribution in [2.75, 3.05) is 0 Å². The molecule has 0 unspecified atom stereocenters. The van der Waals surface area contributed by atoms with Gasteiger partial charge in [-0.05, 0) is 48.1 Å². The Hall–Kier alpha value is -3.72. The van der Waals surface area contributed by atoms with E-state index < -0.39 is 58.9 Å². The molecule has 39 heavy (non-hydrogen) atoms. The Morgan fingerprint density at radius 3 is 1.92 bits per heavy atom. The summed E-state index contributed by atoms with van der Waals surface area (Å²) < 4.78 is 0. The second kappa shape index (κ2) is 13.9. The van der Waals surface area contributed by atoms with Gasteiger partial charge in [-0.25, -0.2) is 0 Å². The molecule has 0 heterocycles. The Morgan fingerprint density at radius 2 is 1.38 bits per heavy atom. The van der Waals surface area contributed by atoms with E-state index in [1.54, 1.807) is 89.2 Å². The minimum atomic E-state index is -1.10. The summed E-state index contributed by atoms with van der Waals surface area (Å²) in [6.45, 7) is 10.4. The van der Waals surface area contributed by atoms with E-state index in [-0.39, 0.29) is 6.54 Å². The molecule has 4 amide bonds. The summed E-state index contributed by atoms with van der Waals surface area (Å²) in [5.41, 5.74) is 0.497. The molecule has 0 aromatic heterocycles. The number of nitrogens with one attached hydrogen (secondary N) is 4. The largest absolute Gasteiger partial charge is 0.345 e. The van der Waals surface area contributed by atoms with Crippen molar-refractivity contribution in [3.8, 4) is 0 Å². The van der Waals surface area contributed by atoms with Crippen LogP contribution >= 0.6 is 11.6 Å². The predicted octanol–water partition coefficient (Wildman–Crippen LogP) is 3.02. The maximum atomic E-state index is 13.1. The standard InChI is InChI=1S/C29H37ClN4O5/c1-17(2)22(23(35)27(38)31-16-19-12-14-21(30)15-13-19)33-25(36)18(3)32-28(39)24(29(4,5)6)34-26(37)20-10-8-7-9-11-20/h7-15,17-18,22,24H,16H2,1-6H3,(H,31,38)(H,32,39)(H,33,36)(H,34,37)/t18-,22-,24+/m0/s1. The molecule has 0 bridgehead atoms. The molecule has 4 N–H and O–H groups in total. The lowest BCUT2D eigenvalue weighted by atomic mass is 9.85. The number of carbonyl (C=O) groups is 5. The summed E-state index contributed by atoms with van der Waals surface area (Å²) in [5.74, 6) is -3.63. The van der Waals surface area contributed by atoms with E-state index in [2.05, 4.69) is 21.3 Å². The van der Waals surface area contributed by atoms with Gasteiger partial charge in [0.2, 0.25) is 17.6 Å². The number of ketones is 1. The van der Waals surface area contributed by atoms with Crippen LogP contribution in [0.3, 0.4) is 0 Å². The van der Waals surface area contributed by atoms with Crippen LogP contribution in [0, 0.1) is 11.3 Å². The van der Waals surface area contributed by atoms with Crippen LogP contribution in [0.25, 0.3) is 0 Å². The van der Waals surface area contributed by atoms with Gasteiger partial charge in [-0.2, -0.15) is 0 Å². The van der Waals surface area contributed by atoms with E-state index in [0.717, 1.165) is 5.56 Å². The molecule has 0 fully saturated rings. The smallest absolute Gasteiger partial charge is 0.289 e. The van der Waals surface area contributed by atoms with E-state index >= 15 is 0 Å². The van der Waals surface area contributed by atoms with Crippen molar-refractivity contribution < 1.29 is 24.0 Å². The number of rotatable bonds is 11. The van der Waals surface area contributed by atoms with Crippen LogP contribution in [0.1, 0.15) is 57.5 Å². The second-order valence-corrected chi connectivity index (χ2v) is 11.2. The zero-order chi connectivity index (χ0) is 29.3. The molecule has 2 aromatic rings. The Labute approximate surface area is 234 Å². The predicted molar refractivity (Wildman–Crippen MR) is 150 cm³/mol. The number of hydrogen-bond acceptors (Lipinski definition) is 5. The van der Waals surface area contributed by atoms with Crippen molar-refractivity contribution in [2.24, 2.45) is 11.3 Å². The summed E-state index contributed by atoms with van der Waals surface area (Å²) in [7, 11) is 0. The highest BCUT2D eigenvalue weighted by atomic mass is 35.5. The van der Waals surface area contributed by atoms with Crippen LogP contribution in [0.15, 0.2) is 54.6 Å². The van der Waals surface area contributed by atoms with Crippen LogP contribution in [0.5, 0.6) is 0 Å². The summed E-state index contributed by atoms with van der Waals surface area (Å²) >= 11 is 5.87. The Bertz CT molecular complexity index is 1180. The average Bonchev–Trinajstić information content (AvgIpc) is 2.88. The van der Waals surface area contributed by atoms with Gasteiger partial charge in [0.05, 0.1) is 6.04 Å². The first-order chi connectivity index (χ1) is 18.2. The van der Waals surface area contributed by atoms with E-state index in [0.29, 0.717) is 10.6 Å². The fraction of sp³-hybridized carbons (Fsp3) is 0.414. The summed E-state index contributed by atoms with van der Waals surface area (Å²) in [4.78, 5) is 64.1. The molecule has 0 saturated heterocycles. The average molecular weight is 557 g/mol. The van der Waals surface area contributed by atoms with E-state index in [1.165, 1.54) is 6.92 Å². The molecule has 0 aliphatic carbocycles. The monoisotopic (exact) mass is 556 g/mol. The lowest BCUT2D eigenvalue weighted by Crippen LogP contribution is -2.59. The summed E-state index contributed by atoms with van der Waals surface area (Å²) in [6.07, 6.45) is 0. The van der Waals surface area contributed by atoms with Crippen LogP contribution in [0.2, 0.25) is 5.02 Å². The van der Waals surface area contributed by atoms with Crippen LogP contribution in [-0.2, 0) is 25.7 Å². The highest BCUT2D eigenvalue weighted by Gasteiger charge is 2.35. The van der Waals surface area contributed by atoms with Gasteiger partial charge in [-0.15, -0.1) is 0 Å². The van der Waals surface area contributed by atoms with Crippen molar-refractivity contribution in [2.45, 2.75) is 66.2 Å². The van der Waals surface area contributed by atoms with Crippen molar-refractivity contribution >= 4 is 41.0 Å². The SMILES string of the molecule is CC(C)[C@H](NC(=O)[C@H](C)NC(=O)[C@@H](NC(=O)c1ccccc1)C(C)(C)C)C(=O)C(=O)NCc1ccc(Cl)cc1. The fourth-order valence-electron chi connectivity index (χ4n) is 3.67. The van der Waals surface area contributed by atoms with E-state index in [4.69, 9.17) is 11.6 Å². The molecule has 0 aliphatic rings. The Kier molecular flexibility index (Phi) is 11.2. The number of halogens is 1. The van der Waals surface area contributed by atoms with Gasteiger partial charge >= 0.3 is 0 Å². The van der Waals surface area contributed by atoms with Crippen molar-refractivity contribution in [3.63, 3.8) is 0 Å². The van der Waals surface area contributed by atoms with Gasteiger partial charge in [-0.3, -0.25) is 24.0 Å². The van der Waals surface area contributed by atoms with Crippen molar-refractivity contribution in [1.29, 1.82) is 0 Å². The number of hydrogen-bond donors (Lipinski definition) is 4. The zero-order valence-electron chi connectivity index (χ0n) is 23.1. The number of amides is 4. The minimum Gasteiger partial charge on any atom is -0.345 e. The molecule has 9 nitrogen and oxygen atoms in total. The van der Waals surface area contributed by atoms with Gasteiger partial charge in [0.15, 0.2) is 0 Å². The quantitative estimate of drug-likeness (QED) is 0.316. The maximum absolute atomic E-state index is 13.1. The number of benzene rings is 2. The summed E-state index contributed by atoms with van der Waals surface area (Å²) in [6, 6.07) is 12.2. The number of Topliss-reactive ketones (excluding diaryl/α,β-unsaturated/α-hetero) is 1. The third kappa shape index (κ3) is 9.51. The molecular formula is C29H37ClN4O5. The maximum Gasteiger partial charge on any atom is 0.289 e. The Morgan fingerprint density at radius 1 is 0.795 bits per heavy atom. The van der Waals surface area contributed by atoms with Gasteiger partial charge in [0, 0.05) is 17.1 Å². The summed E-state index contributed by atoms with van der Waals surface area (Å²) in [5, 5.41) is 11.1. The van der Waals surface area contributed by atoms with Crippen LogP contribution < -0.4 is 21.3 Å². The molecule has 210 valence electrons. The van der Waals surface area contributed by atoms with Crippen molar-refractivity contribution in [1.82, 2.24) is 21.3 Å². The van der Waals surface area contributed by atoms with Crippen LogP contribution in [-0.4, -0.2) is 47.5 Å². The molecule has 2 aromatic carbocycles. The third-order valence-electron chi connectivity index (χ3n) is 6.03. The fourth-order valence-corrected chi connectivity index (χ4v) is 3.79. The van der Waals surface area contributed by atoms with Gasteiger partial charge < -0.3 is 21.3 Å². The molecule has 0 spiro atoms. The molecular weight excluding hydrogens is 520 g/mol. The molecule has 0 saturated carbocycles. The van der Waals surface area contributed by atoms with Gasteiger partial charge in [-0.1, -0.05) is 76.6 Å². The molecule has 0 radical (unpaired) electrons. The topological polar surface area (TPSA) is 133 Å². The molecule has 0 aliphatic heterocycles. The highest BCUT2D eigenvalue weighted by molar-refractivity contribution is 6.38. The first kappa shape index (κ1) is 31.5. The second-order valence-electron chi connectivity index (χ2n) is 10.8. The minimum absolute atomic E-state index is 0.121. The van der Waals surface area contributed by atoms with Crippen LogP contribution in [0.4, 0.5) is 0 Å². The zero-order valence-corrected chi connectivity index (χ0v) is 23.9. The highest BCUT2D eigenvalue weighted by Crippen LogP contribution is 2.20. The van der Waals surface area contributed by atoms with Gasteiger partial charge in [0.25, 0.3) is 11.8 Å². The van der Waals surface area contributed by atoms with E-state index in [9.17, 15) is 24.0 Å². The van der Waals surface area contributed by atoms with Gasteiger partial charge in [0.1, 0.15) is 12.1 Å². The first-order valence-corrected chi connectivity index (χ1v) is 13.1. The molecule has 2 rings (SSSR count). The molecule has 3 atom stereocenters. The lowest BCUT2D eigenvalue weighted by molar-refractivity contribution is -0.141. The van der Waals surface area contributed by atoms with E-state index in [1.807, 2.05) is 0 Å². The van der Waals surface area contributed by atoms with Crippen molar-refractivity contribution in [3.05, 3.63) is 70.7 Å². The Balaban J connectivity index is 2.02. The number of carbonyl (C=O) groups excluding carboxylic acids is 5. The molecule has 10 heteroatoms. The third-order valence-corrected chi connectivity index (χ3v) is 6.28. The normalized spacial score (nSPS) is 13.5.